The van der Waals surface area contributed by atoms with E-state index in [2.05, 4.69) is 4.98 Å². The quantitative estimate of drug-likeness (QED) is 0.766. The molecule has 0 radical (unpaired) electrons. The number of piperidine rings is 1. The molecule has 0 unspecified atom stereocenters. The lowest BCUT2D eigenvalue weighted by Crippen LogP contribution is -2.41. The van der Waals surface area contributed by atoms with Crippen LogP contribution in [-0.4, -0.2) is 56.7 Å². The topological polar surface area (TPSA) is 79.8 Å². The van der Waals surface area contributed by atoms with Gasteiger partial charge in [0.15, 0.2) is 0 Å². The number of aryl methyl sites for hydroxylation is 1. The second-order valence-electron chi connectivity index (χ2n) is 7.06. The van der Waals surface area contributed by atoms with Crippen LogP contribution in [0.25, 0.3) is 0 Å². The maximum Gasteiger partial charge on any atom is 0.253 e. The monoisotopic (exact) mass is 403 g/mol. The van der Waals surface area contributed by atoms with E-state index in [0.29, 0.717) is 30.2 Å². The molecule has 1 aliphatic rings. The van der Waals surface area contributed by atoms with Crippen molar-refractivity contribution < 1.29 is 17.9 Å². The Balaban J connectivity index is 1.54. The van der Waals surface area contributed by atoms with Crippen LogP contribution in [0.4, 0.5) is 5.69 Å². The number of hydrogen-bond acceptors (Lipinski definition) is 5. The summed E-state index contributed by atoms with van der Waals surface area (Å²) in [7, 11) is -1.84. The van der Waals surface area contributed by atoms with Crippen molar-refractivity contribution in [1.82, 2.24) is 9.88 Å². The third-order valence-corrected chi connectivity index (χ3v) is 6.10. The molecule has 150 valence electrons. The van der Waals surface area contributed by atoms with Gasteiger partial charge in [-0.1, -0.05) is 17.7 Å². The Morgan fingerprint density at radius 3 is 2.32 bits per heavy atom. The summed E-state index contributed by atoms with van der Waals surface area (Å²) in [6.45, 7) is 3.26. The van der Waals surface area contributed by atoms with E-state index in [1.54, 1.807) is 12.1 Å². The van der Waals surface area contributed by atoms with Crippen LogP contribution in [0.2, 0.25) is 0 Å². The SMILES string of the molecule is Cc1ccc(C(=O)N2CCC(Oc3ccc(N(C)S(C)(=O)=O)cn3)CC2)cc1. The van der Waals surface area contributed by atoms with Gasteiger partial charge in [0.1, 0.15) is 6.10 Å². The van der Waals surface area contributed by atoms with Crippen molar-refractivity contribution in [3.63, 3.8) is 0 Å². The highest BCUT2D eigenvalue weighted by Gasteiger charge is 2.25. The van der Waals surface area contributed by atoms with Gasteiger partial charge in [0.2, 0.25) is 15.9 Å². The first-order valence-corrected chi connectivity index (χ1v) is 11.0. The fraction of sp³-hybridized carbons (Fsp3) is 0.400. The van der Waals surface area contributed by atoms with Gasteiger partial charge in [-0.3, -0.25) is 9.10 Å². The summed E-state index contributed by atoms with van der Waals surface area (Å²) in [4.78, 5) is 18.6. The Labute approximate surface area is 166 Å². The molecule has 0 bridgehead atoms. The first-order chi connectivity index (χ1) is 13.2. The Hall–Kier alpha value is -2.61. The van der Waals surface area contributed by atoms with Gasteiger partial charge < -0.3 is 9.64 Å². The molecule has 1 aliphatic heterocycles. The van der Waals surface area contributed by atoms with Crippen LogP contribution in [0.15, 0.2) is 42.6 Å². The zero-order valence-electron chi connectivity index (χ0n) is 16.3. The number of ether oxygens (including phenoxy) is 1. The zero-order chi connectivity index (χ0) is 20.3. The summed E-state index contributed by atoms with van der Waals surface area (Å²) in [5, 5.41) is 0. The second-order valence-corrected chi connectivity index (χ2v) is 9.07. The number of likely N-dealkylation sites (tertiary alicyclic amines) is 1. The maximum atomic E-state index is 12.6. The molecular weight excluding hydrogens is 378 g/mol. The van der Waals surface area contributed by atoms with E-state index in [0.717, 1.165) is 24.7 Å². The van der Waals surface area contributed by atoms with E-state index >= 15 is 0 Å². The number of carbonyl (C=O) groups is 1. The lowest BCUT2D eigenvalue weighted by atomic mass is 10.1. The number of carbonyl (C=O) groups excluding carboxylic acids is 1. The number of benzene rings is 1. The van der Waals surface area contributed by atoms with E-state index in [9.17, 15) is 13.2 Å². The van der Waals surface area contributed by atoms with Crippen LogP contribution >= 0.6 is 0 Å². The van der Waals surface area contributed by atoms with Crippen LogP contribution in [0.3, 0.4) is 0 Å². The predicted octanol–water partition coefficient (Wildman–Crippen LogP) is 2.47. The average molecular weight is 404 g/mol. The van der Waals surface area contributed by atoms with Crippen molar-refractivity contribution in [2.75, 3.05) is 30.7 Å². The summed E-state index contributed by atoms with van der Waals surface area (Å²) in [6, 6.07) is 10.9. The van der Waals surface area contributed by atoms with E-state index in [1.807, 2.05) is 36.1 Å². The van der Waals surface area contributed by atoms with Gasteiger partial charge in [0.05, 0.1) is 18.1 Å². The number of nitrogens with zero attached hydrogens (tertiary/aromatic N) is 3. The van der Waals surface area contributed by atoms with Gasteiger partial charge in [0, 0.05) is 44.6 Å². The Morgan fingerprint density at radius 2 is 1.79 bits per heavy atom. The molecular formula is C20H25N3O4S. The fourth-order valence-electron chi connectivity index (χ4n) is 3.05. The van der Waals surface area contributed by atoms with Crippen molar-refractivity contribution in [2.45, 2.75) is 25.9 Å². The fourth-order valence-corrected chi connectivity index (χ4v) is 3.54. The third kappa shape index (κ3) is 4.81. The molecule has 1 fully saturated rings. The Morgan fingerprint density at radius 1 is 1.14 bits per heavy atom. The van der Waals surface area contributed by atoms with Crippen LogP contribution in [0.5, 0.6) is 5.88 Å². The van der Waals surface area contributed by atoms with Gasteiger partial charge in [-0.25, -0.2) is 13.4 Å². The van der Waals surface area contributed by atoms with Gasteiger partial charge in [0.25, 0.3) is 5.91 Å². The number of anilines is 1. The number of sulfonamides is 1. The van der Waals surface area contributed by atoms with Gasteiger partial charge >= 0.3 is 0 Å². The summed E-state index contributed by atoms with van der Waals surface area (Å²) in [5.74, 6) is 0.499. The highest BCUT2D eigenvalue weighted by molar-refractivity contribution is 7.92. The second kappa shape index (κ2) is 8.18. The van der Waals surface area contributed by atoms with E-state index in [-0.39, 0.29) is 12.0 Å². The maximum absolute atomic E-state index is 12.6. The molecule has 0 spiro atoms. The summed E-state index contributed by atoms with van der Waals surface area (Å²) < 4.78 is 30.2. The van der Waals surface area contributed by atoms with Gasteiger partial charge in [-0.2, -0.15) is 0 Å². The molecule has 3 rings (SSSR count). The summed E-state index contributed by atoms with van der Waals surface area (Å²) in [5.41, 5.74) is 2.32. The van der Waals surface area contributed by atoms with Crippen LogP contribution < -0.4 is 9.04 Å². The van der Waals surface area contributed by atoms with E-state index in [4.69, 9.17) is 4.74 Å². The zero-order valence-corrected chi connectivity index (χ0v) is 17.1. The lowest BCUT2D eigenvalue weighted by Gasteiger charge is -2.32. The smallest absolute Gasteiger partial charge is 0.253 e. The lowest BCUT2D eigenvalue weighted by molar-refractivity contribution is 0.0588. The third-order valence-electron chi connectivity index (χ3n) is 4.90. The summed E-state index contributed by atoms with van der Waals surface area (Å²) in [6.07, 6.45) is 4.05. The predicted molar refractivity (Wildman–Crippen MR) is 108 cm³/mol. The van der Waals surface area contributed by atoms with E-state index in [1.165, 1.54) is 17.5 Å². The van der Waals surface area contributed by atoms with Crippen molar-refractivity contribution in [2.24, 2.45) is 0 Å². The molecule has 1 amide bonds. The summed E-state index contributed by atoms with van der Waals surface area (Å²) >= 11 is 0. The molecule has 0 aliphatic carbocycles. The highest BCUT2D eigenvalue weighted by atomic mass is 32.2. The van der Waals surface area contributed by atoms with Crippen molar-refractivity contribution in [3.8, 4) is 5.88 Å². The Kier molecular flexibility index (Phi) is 5.88. The molecule has 8 heteroatoms. The van der Waals surface area contributed by atoms with Crippen molar-refractivity contribution in [1.29, 1.82) is 0 Å². The minimum atomic E-state index is -3.32. The van der Waals surface area contributed by atoms with Gasteiger partial charge in [-0.05, 0) is 25.1 Å². The number of amides is 1. The number of pyridine rings is 1. The first-order valence-electron chi connectivity index (χ1n) is 9.16. The average Bonchev–Trinajstić information content (AvgIpc) is 2.68. The molecule has 0 N–H and O–H groups in total. The van der Waals surface area contributed by atoms with Crippen LogP contribution in [0, 0.1) is 6.92 Å². The molecule has 28 heavy (non-hydrogen) atoms. The standard InChI is InChI=1S/C20H25N3O4S/c1-15-4-6-16(7-5-15)20(24)23-12-10-18(11-13-23)27-19-9-8-17(14-21-19)22(2)28(3,25)26/h4-9,14,18H,10-13H2,1-3H3. The number of hydrogen-bond donors (Lipinski definition) is 0. The molecule has 0 atom stereocenters. The first kappa shape index (κ1) is 20.1. The van der Waals surface area contributed by atoms with Gasteiger partial charge in [-0.15, -0.1) is 0 Å². The molecule has 1 aromatic carbocycles. The normalized spacial score (nSPS) is 15.3. The van der Waals surface area contributed by atoms with Crippen molar-refractivity contribution in [3.05, 3.63) is 53.7 Å². The number of rotatable bonds is 5. The Bertz CT molecular complexity index is 919. The molecule has 2 heterocycles. The number of aromatic nitrogens is 1. The van der Waals surface area contributed by atoms with Crippen molar-refractivity contribution >= 4 is 21.6 Å². The molecule has 1 saturated heterocycles. The van der Waals surface area contributed by atoms with E-state index < -0.39 is 10.0 Å². The molecule has 2 aromatic rings. The molecule has 0 saturated carbocycles. The largest absolute Gasteiger partial charge is 0.474 e. The van der Waals surface area contributed by atoms with Crippen LogP contribution in [0.1, 0.15) is 28.8 Å². The molecule has 7 nitrogen and oxygen atoms in total. The minimum absolute atomic E-state index is 0.0203. The molecule has 1 aromatic heterocycles. The minimum Gasteiger partial charge on any atom is -0.474 e. The van der Waals surface area contributed by atoms with Crippen LogP contribution in [-0.2, 0) is 10.0 Å². The highest BCUT2D eigenvalue weighted by Crippen LogP contribution is 2.21.